The fourth-order valence-electron chi connectivity index (χ4n) is 4.24. The van der Waals surface area contributed by atoms with Crippen molar-refractivity contribution in [3.05, 3.63) is 77.2 Å². The lowest BCUT2D eigenvalue weighted by Crippen LogP contribution is -2.52. The Balaban J connectivity index is 1.68. The second-order valence-corrected chi connectivity index (χ2v) is 8.66. The highest BCUT2D eigenvalue weighted by atomic mass is 19.1. The first-order valence-electron chi connectivity index (χ1n) is 11.1. The number of rotatable bonds is 3. The molecule has 0 N–H and O–H groups in total. The quantitative estimate of drug-likeness (QED) is 0.599. The van der Waals surface area contributed by atoms with Crippen molar-refractivity contribution in [2.24, 2.45) is 0 Å². The van der Waals surface area contributed by atoms with Crippen molar-refractivity contribution in [3.8, 4) is 16.9 Å². The van der Waals surface area contributed by atoms with Crippen LogP contribution in [-0.4, -0.2) is 71.5 Å². The summed E-state index contributed by atoms with van der Waals surface area (Å²) in [6.07, 6.45) is 0. The minimum absolute atomic E-state index is 0.0394. The number of hydrogen-bond acceptors (Lipinski definition) is 2. The molecule has 0 atom stereocenters. The van der Waals surface area contributed by atoms with Crippen LogP contribution in [0.1, 0.15) is 21.6 Å². The molecule has 2 heterocycles. The van der Waals surface area contributed by atoms with Gasteiger partial charge in [0.1, 0.15) is 5.82 Å². The Labute approximate surface area is 193 Å². The summed E-state index contributed by atoms with van der Waals surface area (Å²) in [5, 5.41) is 0. The zero-order valence-corrected chi connectivity index (χ0v) is 19.5. The number of amides is 3. The van der Waals surface area contributed by atoms with Crippen molar-refractivity contribution in [3.63, 3.8) is 0 Å². The zero-order chi connectivity index (χ0) is 23.7. The number of carbonyl (C=O) groups is 2. The molecule has 172 valence electrons. The monoisotopic (exact) mass is 448 g/mol. The van der Waals surface area contributed by atoms with Crippen molar-refractivity contribution in [1.82, 2.24) is 19.3 Å². The van der Waals surface area contributed by atoms with Gasteiger partial charge >= 0.3 is 6.03 Å². The van der Waals surface area contributed by atoms with Crippen LogP contribution in [0.25, 0.3) is 16.9 Å². The largest absolute Gasteiger partial charge is 0.335 e. The second kappa shape index (κ2) is 9.10. The van der Waals surface area contributed by atoms with Crippen LogP contribution in [0.4, 0.5) is 9.18 Å². The van der Waals surface area contributed by atoms with Crippen molar-refractivity contribution >= 4 is 11.9 Å². The van der Waals surface area contributed by atoms with Gasteiger partial charge in [-0.2, -0.15) is 0 Å². The third-order valence-corrected chi connectivity index (χ3v) is 6.13. The molecule has 0 saturated carbocycles. The summed E-state index contributed by atoms with van der Waals surface area (Å²) in [4.78, 5) is 30.8. The van der Waals surface area contributed by atoms with Gasteiger partial charge in [0.15, 0.2) is 0 Å². The Kier molecular flexibility index (Phi) is 6.22. The first kappa shape index (κ1) is 22.6. The lowest BCUT2D eigenvalue weighted by atomic mass is 10.1. The summed E-state index contributed by atoms with van der Waals surface area (Å²) in [5.41, 5.74) is 5.20. The molecular weight excluding hydrogens is 419 g/mol. The molecule has 4 rings (SSSR count). The van der Waals surface area contributed by atoms with Crippen LogP contribution >= 0.6 is 0 Å². The maximum atomic E-state index is 13.6. The number of hydrogen-bond donors (Lipinski definition) is 0. The number of halogens is 1. The summed E-state index contributed by atoms with van der Waals surface area (Å²) >= 11 is 0. The van der Waals surface area contributed by atoms with E-state index in [0.717, 1.165) is 28.2 Å². The third kappa shape index (κ3) is 4.49. The molecule has 6 nitrogen and oxygen atoms in total. The number of aromatic nitrogens is 1. The highest BCUT2D eigenvalue weighted by molar-refractivity contribution is 5.97. The van der Waals surface area contributed by atoms with Crippen LogP contribution < -0.4 is 0 Å². The normalized spacial score (nSPS) is 13.8. The fraction of sp³-hybridized carbons (Fsp3) is 0.308. The minimum atomic E-state index is -0.301. The SMILES string of the molecule is Cc1ccc(-n2c(-c3ccc(F)cc3)cc(C(=O)N3CCN(C(=O)N(C)C)CC3)c2C)cc1. The Hall–Kier alpha value is -3.61. The number of carbonyl (C=O) groups excluding carboxylic acids is 2. The molecule has 0 radical (unpaired) electrons. The van der Waals surface area contributed by atoms with Gasteiger partial charge in [-0.25, -0.2) is 9.18 Å². The van der Waals surface area contributed by atoms with Crippen molar-refractivity contribution in [2.75, 3.05) is 40.3 Å². The van der Waals surface area contributed by atoms with E-state index in [4.69, 9.17) is 0 Å². The summed E-state index contributed by atoms with van der Waals surface area (Å²) in [6.45, 7) is 5.95. The van der Waals surface area contributed by atoms with Gasteiger partial charge in [0, 0.05) is 51.7 Å². The Morgan fingerprint density at radius 2 is 1.42 bits per heavy atom. The molecule has 0 spiro atoms. The Bertz CT molecular complexity index is 1160. The molecular formula is C26H29FN4O2. The summed E-state index contributed by atoms with van der Waals surface area (Å²) in [5.74, 6) is -0.357. The van der Waals surface area contributed by atoms with Crippen LogP contribution in [0.2, 0.25) is 0 Å². The molecule has 1 fully saturated rings. The Morgan fingerprint density at radius 3 is 2.00 bits per heavy atom. The van der Waals surface area contributed by atoms with E-state index < -0.39 is 0 Å². The number of piperazine rings is 1. The van der Waals surface area contributed by atoms with Gasteiger partial charge in [-0.05, 0) is 61.9 Å². The molecule has 1 aliphatic heterocycles. The molecule has 1 aliphatic rings. The van der Waals surface area contributed by atoms with E-state index in [1.165, 1.54) is 12.1 Å². The van der Waals surface area contributed by atoms with E-state index in [9.17, 15) is 14.0 Å². The number of urea groups is 1. The molecule has 0 bridgehead atoms. The lowest BCUT2D eigenvalue weighted by Gasteiger charge is -2.36. The van der Waals surface area contributed by atoms with Crippen LogP contribution in [-0.2, 0) is 0 Å². The number of benzene rings is 2. The van der Waals surface area contributed by atoms with E-state index in [1.54, 1.807) is 40.9 Å². The third-order valence-electron chi connectivity index (χ3n) is 6.13. The number of aryl methyl sites for hydroxylation is 1. The smallest absolute Gasteiger partial charge is 0.319 e. The summed E-state index contributed by atoms with van der Waals surface area (Å²) < 4.78 is 15.6. The van der Waals surface area contributed by atoms with Gasteiger partial charge in [0.25, 0.3) is 5.91 Å². The molecule has 2 aromatic carbocycles. The van der Waals surface area contributed by atoms with E-state index in [1.807, 2.05) is 48.7 Å². The van der Waals surface area contributed by atoms with Crippen LogP contribution in [0.15, 0.2) is 54.6 Å². The highest BCUT2D eigenvalue weighted by Crippen LogP contribution is 2.31. The van der Waals surface area contributed by atoms with Crippen LogP contribution in [0.3, 0.4) is 0 Å². The standard InChI is InChI=1S/C26H29FN4O2/c1-18-5-11-22(12-6-18)31-19(2)23(17-24(31)20-7-9-21(27)10-8-20)25(32)29-13-15-30(16-14-29)26(33)28(3)4/h5-12,17H,13-16H2,1-4H3. The van der Waals surface area contributed by atoms with E-state index in [0.29, 0.717) is 31.7 Å². The fourth-order valence-corrected chi connectivity index (χ4v) is 4.24. The maximum absolute atomic E-state index is 13.6. The molecule has 33 heavy (non-hydrogen) atoms. The molecule has 7 heteroatoms. The van der Waals surface area contributed by atoms with Crippen molar-refractivity contribution in [2.45, 2.75) is 13.8 Å². The zero-order valence-electron chi connectivity index (χ0n) is 19.5. The van der Waals surface area contributed by atoms with Crippen molar-refractivity contribution in [1.29, 1.82) is 0 Å². The molecule has 0 unspecified atom stereocenters. The molecule has 3 aromatic rings. The van der Waals surface area contributed by atoms with Crippen LogP contribution in [0, 0.1) is 19.7 Å². The highest BCUT2D eigenvalue weighted by Gasteiger charge is 2.28. The predicted molar refractivity (Wildman–Crippen MR) is 127 cm³/mol. The van der Waals surface area contributed by atoms with Gasteiger partial charge in [-0.3, -0.25) is 4.79 Å². The van der Waals surface area contributed by atoms with Gasteiger partial charge < -0.3 is 19.3 Å². The average molecular weight is 449 g/mol. The molecule has 0 aliphatic carbocycles. The van der Waals surface area contributed by atoms with E-state index in [-0.39, 0.29) is 17.8 Å². The molecule has 3 amide bonds. The van der Waals surface area contributed by atoms with Crippen LogP contribution in [0.5, 0.6) is 0 Å². The summed E-state index contributed by atoms with van der Waals surface area (Å²) in [6, 6.07) is 16.3. The molecule has 1 aromatic heterocycles. The van der Waals surface area contributed by atoms with E-state index >= 15 is 0 Å². The first-order valence-corrected chi connectivity index (χ1v) is 11.1. The predicted octanol–water partition coefficient (Wildman–Crippen LogP) is 4.34. The molecule has 1 saturated heterocycles. The van der Waals surface area contributed by atoms with Gasteiger partial charge in [0.2, 0.25) is 0 Å². The van der Waals surface area contributed by atoms with Gasteiger partial charge in [-0.1, -0.05) is 17.7 Å². The second-order valence-electron chi connectivity index (χ2n) is 8.66. The van der Waals surface area contributed by atoms with Gasteiger partial charge in [0.05, 0.1) is 11.3 Å². The number of nitrogens with zero attached hydrogens (tertiary/aromatic N) is 4. The summed E-state index contributed by atoms with van der Waals surface area (Å²) in [7, 11) is 3.46. The van der Waals surface area contributed by atoms with E-state index in [2.05, 4.69) is 0 Å². The minimum Gasteiger partial charge on any atom is -0.335 e. The van der Waals surface area contributed by atoms with Gasteiger partial charge in [-0.15, -0.1) is 0 Å². The average Bonchev–Trinajstić information content (AvgIpc) is 3.16. The Morgan fingerprint density at radius 1 is 0.848 bits per heavy atom. The van der Waals surface area contributed by atoms with Crippen molar-refractivity contribution < 1.29 is 14.0 Å². The maximum Gasteiger partial charge on any atom is 0.319 e. The topological polar surface area (TPSA) is 48.8 Å². The lowest BCUT2D eigenvalue weighted by molar-refractivity contribution is 0.0649. The first-order chi connectivity index (χ1) is 15.8.